The Kier molecular flexibility index (Phi) is 11.9. The second kappa shape index (κ2) is 9.06. The van der Waals surface area contributed by atoms with E-state index in [1.165, 1.54) is 0 Å². The molecule has 0 atom stereocenters. The van der Waals surface area contributed by atoms with Crippen LogP contribution < -0.4 is 29.6 Å². The molecule has 62 valence electrons. The summed E-state index contributed by atoms with van der Waals surface area (Å²) < 4.78 is 5.49. The standard InChI is InChI=1S/C5H11NO2S2.Na.H/c1-2-3-4-8-5(7)6(9)10;;/h9-10H,2-4H2,1H3;;/q;+1;-1. The van der Waals surface area contributed by atoms with Gasteiger partial charge in [-0.1, -0.05) is 13.3 Å². The minimum atomic E-state index is -0.528. The van der Waals surface area contributed by atoms with Gasteiger partial charge in [-0.2, -0.15) is 3.71 Å². The first-order valence-electron chi connectivity index (χ1n) is 3.03. The van der Waals surface area contributed by atoms with Crippen LogP contribution in [0.4, 0.5) is 4.79 Å². The predicted molar refractivity (Wildman–Crippen MR) is 47.2 cm³/mol. The maximum absolute atomic E-state index is 10.6. The van der Waals surface area contributed by atoms with Crippen LogP contribution in [0.1, 0.15) is 21.2 Å². The first kappa shape index (κ1) is 14.5. The second-order valence-electron chi connectivity index (χ2n) is 1.76. The molecule has 0 aliphatic carbocycles. The fourth-order valence-electron chi connectivity index (χ4n) is 0.362. The number of thiol groups is 2. The first-order chi connectivity index (χ1) is 4.68. The van der Waals surface area contributed by atoms with Gasteiger partial charge in [0.1, 0.15) is 0 Å². The van der Waals surface area contributed by atoms with Crippen LogP contribution in [0, 0.1) is 0 Å². The molecule has 0 aromatic rings. The van der Waals surface area contributed by atoms with Crippen LogP contribution in [0.3, 0.4) is 0 Å². The molecule has 6 heteroatoms. The van der Waals surface area contributed by atoms with Crippen molar-refractivity contribution in [3.05, 3.63) is 0 Å². The van der Waals surface area contributed by atoms with E-state index in [4.69, 9.17) is 0 Å². The molecule has 0 N–H and O–H groups in total. The molecule has 0 rings (SSSR count). The van der Waals surface area contributed by atoms with E-state index in [1.54, 1.807) is 0 Å². The summed E-state index contributed by atoms with van der Waals surface area (Å²) >= 11 is 7.24. The van der Waals surface area contributed by atoms with Gasteiger partial charge in [0.25, 0.3) is 0 Å². The summed E-state index contributed by atoms with van der Waals surface area (Å²) in [5, 5.41) is 0. The number of nitrogens with zero attached hydrogens (tertiary/aromatic N) is 1. The van der Waals surface area contributed by atoms with Gasteiger partial charge in [-0.3, -0.25) is 0 Å². The third-order valence-electron chi connectivity index (χ3n) is 0.887. The average Bonchev–Trinajstić information content (AvgIpc) is 1.88. The van der Waals surface area contributed by atoms with Crippen LogP contribution >= 0.6 is 25.6 Å². The normalized spacial score (nSPS) is 8.27. The maximum atomic E-state index is 10.6. The number of rotatable bonds is 3. The number of amides is 1. The molecule has 11 heavy (non-hydrogen) atoms. The average molecular weight is 205 g/mol. The summed E-state index contributed by atoms with van der Waals surface area (Å²) in [6.45, 7) is 2.46. The molecule has 0 spiro atoms. The zero-order valence-electron chi connectivity index (χ0n) is 7.78. The Bertz CT molecular complexity index is 118. The third kappa shape index (κ3) is 8.88. The molecule has 0 fully saturated rings. The summed E-state index contributed by atoms with van der Waals surface area (Å²) in [6, 6.07) is 0. The van der Waals surface area contributed by atoms with Gasteiger partial charge < -0.3 is 6.16 Å². The molecule has 0 unspecified atom stereocenters. The Morgan fingerprint density at radius 3 is 2.55 bits per heavy atom. The molecular weight excluding hydrogens is 193 g/mol. The van der Waals surface area contributed by atoms with E-state index >= 15 is 0 Å². The number of hydrogen-bond acceptors (Lipinski definition) is 4. The largest absolute Gasteiger partial charge is 1.00 e. The van der Waals surface area contributed by atoms with Gasteiger partial charge in [0.15, 0.2) is 0 Å². The van der Waals surface area contributed by atoms with E-state index in [-0.39, 0.29) is 31.0 Å². The topological polar surface area (TPSA) is 29.5 Å². The van der Waals surface area contributed by atoms with Crippen molar-refractivity contribution < 1.29 is 40.5 Å². The molecule has 0 saturated carbocycles. The Morgan fingerprint density at radius 1 is 1.64 bits per heavy atom. The minimum Gasteiger partial charge on any atom is -1.00 e. The molecule has 0 aromatic heterocycles. The number of ether oxygens (including phenoxy) is 1. The van der Waals surface area contributed by atoms with Crippen molar-refractivity contribution in [2.75, 3.05) is 6.61 Å². The molecule has 1 amide bonds. The third-order valence-corrected chi connectivity index (χ3v) is 1.21. The van der Waals surface area contributed by atoms with Gasteiger partial charge in [0, 0.05) is 0 Å². The number of carbonyl (C=O) groups excluding carboxylic acids is 1. The quantitative estimate of drug-likeness (QED) is 0.353. The van der Waals surface area contributed by atoms with E-state index in [0.717, 1.165) is 16.6 Å². The zero-order valence-corrected chi connectivity index (χ0v) is 10.6. The fourth-order valence-corrected chi connectivity index (χ4v) is 0.477. The van der Waals surface area contributed by atoms with Crippen molar-refractivity contribution in [2.24, 2.45) is 0 Å². The van der Waals surface area contributed by atoms with Crippen molar-refractivity contribution in [1.29, 1.82) is 0 Å². The summed E-state index contributed by atoms with van der Waals surface area (Å²) in [6.07, 6.45) is 1.35. The predicted octanol–water partition coefficient (Wildman–Crippen LogP) is -0.969. The summed E-state index contributed by atoms with van der Waals surface area (Å²) in [7, 11) is 0. The van der Waals surface area contributed by atoms with Gasteiger partial charge in [0.2, 0.25) is 0 Å². The zero-order chi connectivity index (χ0) is 7.98. The van der Waals surface area contributed by atoms with E-state index in [0.29, 0.717) is 6.61 Å². The van der Waals surface area contributed by atoms with Gasteiger partial charge >= 0.3 is 35.7 Å². The molecule has 0 radical (unpaired) electrons. The van der Waals surface area contributed by atoms with Gasteiger partial charge in [-0.25, -0.2) is 4.79 Å². The maximum Gasteiger partial charge on any atom is 1.00 e. The van der Waals surface area contributed by atoms with Crippen molar-refractivity contribution in [3.8, 4) is 0 Å². The molecule has 0 heterocycles. The van der Waals surface area contributed by atoms with E-state index in [2.05, 4.69) is 30.4 Å². The molecule has 0 aliphatic heterocycles. The van der Waals surface area contributed by atoms with Crippen molar-refractivity contribution in [3.63, 3.8) is 0 Å². The number of hydrogen-bond donors (Lipinski definition) is 2. The van der Waals surface area contributed by atoms with Crippen LogP contribution in [-0.2, 0) is 4.74 Å². The fraction of sp³-hybridized carbons (Fsp3) is 0.800. The van der Waals surface area contributed by atoms with Crippen LogP contribution in [0.15, 0.2) is 0 Å². The molecular formula is C5H12NNaO2S2. The number of unbranched alkanes of at least 4 members (excludes halogenated alkanes) is 1. The van der Waals surface area contributed by atoms with Crippen molar-refractivity contribution in [1.82, 2.24) is 3.71 Å². The van der Waals surface area contributed by atoms with Crippen LogP contribution in [-0.4, -0.2) is 16.4 Å². The Hall–Kier alpha value is 0.970. The van der Waals surface area contributed by atoms with E-state index in [1.807, 2.05) is 6.92 Å². The molecule has 0 saturated heterocycles. The van der Waals surface area contributed by atoms with Gasteiger partial charge in [-0.05, 0) is 32.1 Å². The molecule has 0 aromatic carbocycles. The van der Waals surface area contributed by atoms with Gasteiger partial charge in [0.05, 0.1) is 6.61 Å². The Balaban J connectivity index is -0.000000405. The summed E-state index contributed by atoms with van der Waals surface area (Å²) in [5.41, 5.74) is 0. The van der Waals surface area contributed by atoms with Crippen LogP contribution in [0.25, 0.3) is 0 Å². The van der Waals surface area contributed by atoms with Crippen molar-refractivity contribution in [2.45, 2.75) is 19.8 Å². The first-order valence-corrected chi connectivity index (χ1v) is 3.83. The monoisotopic (exact) mass is 205 g/mol. The Labute approximate surface area is 102 Å². The van der Waals surface area contributed by atoms with E-state index < -0.39 is 6.09 Å². The number of carbonyl (C=O) groups is 1. The van der Waals surface area contributed by atoms with E-state index in [9.17, 15) is 4.79 Å². The van der Waals surface area contributed by atoms with Crippen molar-refractivity contribution >= 4 is 31.7 Å². The minimum absolute atomic E-state index is 0. The molecule has 3 nitrogen and oxygen atoms in total. The summed E-state index contributed by atoms with van der Waals surface area (Å²) in [4.78, 5) is 10.6. The second-order valence-corrected chi connectivity index (χ2v) is 2.87. The Morgan fingerprint density at radius 2 is 2.18 bits per heavy atom. The SMILES string of the molecule is CCCCOC(=O)N(S)S.[H-].[Na+]. The molecule has 0 aliphatic rings. The van der Waals surface area contributed by atoms with Crippen LogP contribution in [0.5, 0.6) is 0 Å². The van der Waals surface area contributed by atoms with Crippen LogP contribution in [0.2, 0.25) is 0 Å². The van der Waals surface area contributed by atoms with Gasteiger partial charge in [-0.15, -0.1) is 0 Å². The smallest absolute Gasteiger partial charge is 1.00 e. The molecule has 0 bridgehead atoms. The summed E-state index contributed by atoms with van der Waals surface area (Å²) in [5.74, 6) is 0.